The Bertz CT molecular complexity index is 690. The summed E-state index contributed by atoms with van der Waals surface area (Å²) in [6.45, 7) is 0.524. The molecular weight excluding hydrogens is 361 g/mol. The average molecular weight is 384 g/mol. The molecule has 1 aliphatic carbocycles. The molecule has 142 valence electrons. The minimum Gasteiger partial charge on any atom is -0.481 e. The molecule has 26 heavy (non-hydrogen) atoms. The molecule has 0 spiro atoms. The number of halogens is 2. The van der Waals surface area contributed by atoms with Gasteiger partial charge in [0.05, 0.1) is 22.5 Å². The molecule has 0 radical (unpaired) electrons. The second-order valence-electron chi connectivity index (χ2n) is 7.22. The Balaban J connectivity index is 1.68. The highest BCUT2D eigenvalue weighted by Crippen LogP contribution is 2.38. The lowest BCUT2D eigenvalue weighted by Gasteiger charge is -2.33. The summed E-state index contributed by atoms with van der Waals surface area (Å²) in [5.74, 6) is -2.11. The van der Waals surface area contributed by atoms with Crippen LogP contribution in [0, 0.1) is 17.2 Å². The first-order valence-corrected chi connectivity index (χ1v) is 9.38. The van der Waals surface area contributed by atoms with Gasteiger partial charge in [-0.3, -0.25) is 9.59 Å². The fraction of sp³-hybridized carbons (Fsp3) is 0.579. The van der Waals surface area contributed by atoms with E-state index in [2.05, 4.69) is 5.32 Å². The quantitative estimate of drug-likeness (QED) is 0.812. The van der Waals surface area contributed by atoms with Crippen molar-refractivity contribution in [3.63, 3.8) is 0 Å². The van der Waals surface area contributed by atoms with Crippen LogP contribution in [0.5, 0.6) is 0 Å². The predicted octanol–water partition coefficient (Wildman–Crippen LogP) is 3.71. The second-order valence-corrected chi connectivity index (χ2v) is 7.63. The molecule has 0 unspecified atom stereocenters. The highest BCUT2D eigenvalue weighted by molar-refractivity contribution is 6.30. The number of aliphatic carboxylic acids is 1. The van der Waals surface area contributed by atoms with Crippen LogP contribution in [-0.2, 0) is 14.3 Å². The number of benzene rings is 1. The first-order chi connectivity index (χ1) is 12.4. The Morgan fingerprint density at radius 1 is 1.31 bits per heavy atom. The Morgan fingerprint density at radius 3 is 2.69 bits per heavy atom. The Labute approximate surface area is 156 Å². The zero-order valence-corrected chi connectivity index (χ0v) is 15.2. The van der Waals surface area contributed by atoms with E-state index in [1.807, 2.05) is 0 Å². The van der Waals surface area contributed by atoms with E-state index in [1.165, 1.54) is 12.1 Å². The number of ether oxygens (including phenoxy) is 1. The first kappa shape index (κ1) is 19.1. The van der Waals surface area contributed by atoms with Gasteiger partial charge in [-0.15, -0.1) is 0 Å². The van der Waals surface area contributed by atoms with E-state index in [0.29, 0.717) is 31.4 Å². The average Bonchev–Trinajstić information content (AvgIpc) is 3.12. The largest absolute Gasteiger partial charge is 0.481 e. The molecule has 0 aromatic heterocycles. The molecule has 1 heterocycles. The number of amides is 1. The lowest BCUT2D eigenvalue weighted by molar-refractivity contribution is -0.151. The monoisotopic (exact) mass is 383 g/mol. The minimum atomic E-state index is -0.880. The molecular formula is C19H23ClFNO4. The molecule has 1 saturated heterocycles. The second kappa shape index (κ2) is 7.92. The summed E-state index contributed by atoms with van der Waals surface area (Å²) in [5, 5.41) is 12.5. The Morgan fingerprint density at radius 2 is 2.04 bits per heavy atom. The van der Waals surface area contributed by atoms with E-state index >= 15 is 0 Å². The Kier molecular flexibility index (Phi) is 5.82. The predicted molar refractivity (Wildman–Crippen MR) is 94.4 cm³/mol. The van der Waals surface area contributed by atoms with E-state index in [4.69, 9.17) is 16.3 Å². The number of carboxylic acid groups (broad SMARTS) is 1. The molecule has 0 bridgehead atoms. The maximum absolute atomic E-state index is 13.7. The Hall–Kier alpha value is -1.66. The molecule has 2 atom stereocenters. The van der Waals surface area contributed by atoms with Crippen LogP contribution in [0.3, 0.4) is 0 Å². The molecule has 1 aliphatic heterocycles. The van der Waals surface area contributed by atoms with Crippen LogP contribution in [0.15, 0.2) is 18.2 Å². The zero-order chi connectivity index (χ0) is 18.7. The van der Waals surface area contributed by atoms with E-state index in [0.717, 1.165) is 19.3 Å². The van der Waals surface area contributed by atoms with Crippen molar-refractivity contribution < 1.29 is 23.8 Å². The van der Waals surface area contributed by atoms with Gasteiger partial charge in [-0.1, -0.05) is 36.9 Å². The third kappa shape index (κ3) is 3.86. The highest BCUT2D eigenvalue weighted by Gasteiger charge is 2.41. The van der Waals surface area contributed by atoms with Crippen molar-refractivity contribution in [3.8, 4) is 0 Å². The molecule has 1 aromatic carbocycles. The summed E-state index contributed by atoms with van der Waals surface area (Å²) in [5.41, 5.74) is -0.315. The topological polar surface area (TPSA) is 75.6 Å². The fourth-order valence-corrected chi connectivity index (χ4v) is 4.08. The number of hydrogen-bond donors (Lipinski definition) is 2. The lowest BCUT2D eigenvalue weighted by Crippen LogP contribution is -2.46. The van der Waals surface area contributed by atoms with Gasteiger partial charge >= 0.3 is 5.97 Å². The van der Waals surface area contributed by atoms with Crippen LogP contribution < -0.4 is 5.32 Å². The summed E-state index contributed by atoms with van der Waals surface area (Å²) >= 11 is 5.72. The summed E-state index contributed by atoms with van der Waals surface area (Å²) in [6, 6.07) is 4.39. The van der Waals surface area contributed by atoms with Gasteiger partial charge in [0.15, 0.2) is 0 Å². The van der Waals surface area contributed by atoms with Crippen LogP contribution in [-0.4, -0.2) is 30.1 Å². The van der Waals surface area contributed by atoms with Crippen LogP contribution in [0.2, 0.25) is 5.02 Å². The van der Waals surface area contributed by atoms with Gasteiger partial charge in [0.2, 0.25) is 5.91 Å². The van der Waals surface area contributed by atoms with Gasteiger partial charge < -0.3 is 15.2 Å². The number of hydrogen-bond acceptors (Lipinski definition) is 3. The van der Waals surface area contributed by atoms with Crippen molar-refractivity contribution in [1.82, 2.24) is 5.32 Å². The molecule has 2 N–H and O–H groups in total. The van der Waals surface area contributed by atoms with Gasteiger partial charge in [-0.2, -0.15) is 0 Å². The number of carbonyl (C=O) groups excluding carboxylic acids is 1. The number of rotatable bonds is 5. The molecule has 2 fully saturated rings. The van der Waals surface area contributed by atoms with Crippen LogP contribution in [0.25, 0.3) is 0 Å². The molecule has 1 saturated carbocycles. The summed E-state index contributed by atoms with van der Waals surface area (Å²) in [7, 11) is 0. The van der Waals surface area contributed by atoms with Gasteiger partial charge in [0.25, 0.3) is 0 Å². The summed E-state index contributed by atoms with van der Waals surface area (Å²) < 4.78 is 19.4. The number of carbonyl (C=O) groups is 2. The van der Waals surface area contributed by atoms with E-state index in [1.54, 1.807) is 6.07 Å². The highest BCUT2D eigenvalue weighted by atomic mass is 35.5. The summed E-state index contributed by atoms with van der Waals surface area (Å²) in [4.78, 5) is 24.4. The van der Waals surface area contributed by atoms with Crippen LogP contribution >= 0.6 is 11.6 Å². The van der Waals surface area contributed by atoms with Gasteiger partial charge in [0.1, 0.15) is 5.82 Å². The van der Waals surface area contributed by atoms with Gasteiger partial charge in [-0.05, 0) is 37.0 Å². The van der Waals surface area contributed by atoms with Crippen molar-refractivity contribution in [2.45, 2.75) is 44.6 Å². The molecule has 5 nitrogen and oxygen atoms in total. The maximum Gasteiger partial charge on any atom is 0.311 e. The molecule has 1 amide bonds. The van der Waals surface area contributed by atoms with E-state index in [-0.39, 0.29) is 17.5 Å². The normalized spacial score (nSPS) is 25.0. The van der Waals surface area contributed by atoms with Crippen LogP contribution in [0.1, 0.15) is 50.2 Å². The van der Waals surface area contributed by atoms with Crippen molar-refractivity contribution in [1.29, 1.82) is 0 Å². The van der Waals surface area contributed by atoms with Crippen molar-refractivity contribution in [2.24, 2.45) is 11.3 Å². The number of nitrogens with one attached hydrogen (secondary N) is 1. The first-order valence-electron chi connectivity index (χ1n) is 9.01. The van der Waals surface area contributed by atoms with Crippen molar-refractivity contribution in [2.75, 3.05) is 13.2 Å². The van der Waals surface area contributed by atoms with Crippen LogP contribution in [0.4, 0.5) is 4.39 Å². The summed E-state index contributed by atoms with van der Waals surface area (Å²) in [6.07, 6.45) is 3.88. The smallest absolute Gasteiger partial charge is 0.311 e. The van der Waals surface area contributed by atoms with Crippen molar-refractivity contribution >= 4 is 23.5 Å². The molecule has 3 rings (SSSR count). The van der Waals surface area contributed by atoms with Crippen molar-refractivity contribution in [3.05, 3.63) is 34.6 Å². The lowest BCUT2D eigenvalue weighted by atomic mass is 9.74. The molecule has 2 aliphatic rings. The standard InChI is InChI=1S/C19H23ClFNO4/c20-14-5-4-12(10-15(14)21)16-13(6-9-26-16)17(23)22-11-19(18(24)25)7-2-1-3-8-19/h4-5,10,13,16H,1-3,6-9,11H2,(H,22,23)(H,24,25)/t13-,16+/m1/s1. The maximum atomic E-state index is 13.7. The minimum absolute atomic E-state index is 0.0217. The van der Waals surface area contributed by atoms with E-state index in [9.17, 15) is 19.1 Å². The fourth-order valence-electron chi connectivity index (χ4n) is 3.96. The number of carboxylic acids is 1. The third-order valence-corrected chi connectivity index (χ3v) is 5.87. The van der Waals surface area contributed by atoms with E-state index < -0.39 is 29.2 Å². The SMILES string of the molecule is O=C(NCC1(C(=O)O)CCCCC1)[C@@H]1CCO[C@H]1c1ccc(Cl)c(F)c1. The molecule has 1 aromatic rings. The molecule has 7 heteroatoms. The zero-order valence-electron chi connectivity index (χ0n) is 14.5. The third-order valence-electron chi connectivity index (χ3n) is 5.57. The van der Waals surface area contributed by atoms with Gasteiger partial charge in [-0.25, -0.2) is 4.39 Å². The van der Waals surface area contributed by atoms with Gasteiger partial charge in [0, 0.05) is 13.2 Å².